The molecule has 0 saturated carbocycles. The van der Waals surface area contributed by atoms with Gasteiger partial charge in [0, 0.05) is 11.1 Å². The lowest BCUT2D eigenvalue weighted by atomic mass is 9.65. The van der Waals surface area contributed by atoms with E-state index in [9.17, 15) is 0 Å². The van der Waals surface area contributed by atoms with E-state index in [1.807, 2.05) is 0 Å². The first-order valence-electron chi connectivity index (χ1n) is 6.90. The molecule has 1 spiro atoms. The van der Waals surface area contributed by atoms with Crippen LogP contribution in [0, 0.1) is 17.3 Å². The van der Waals surface area contributed by atoms with Crippen molar-refractivity contribution in [2.24, 2.45) is 22.2 Å². The Bertz CT molecular complexity index is 386. The van der Waals surface area contributed by atoms with Crippen LogP contribution >= 0.6 is 0 Å². The van der Waals surface area contributed by atoms with Crippen molar-refractivity contribution < 1.29 is 0 Å². The lowest BCUT2D eigenvalue weighted by Crippen LogP contribution is -2.32. The molecule has 0 aliphatic heterocycles. The molecule has 0 N–H and O–H groups in total. The molecule has 94 valence electrons. The molecule has 0 bridgehead atoms. The monoisotopic (exact) mass is 231 g/mol. The molecule has 17 heavy (non-hydrogen) atoms. The number of rotatable bonds is 2. The lowest BCUT2D eigenvalue weighted by Gasteiger charge is -2.41. The van der Waals surface area contributed by atoms with E-state index in [4.69, 9.17) is 0 Å². The highest BCUT2D eigenvalue weighted by molar-refractivity contribution is 5.41. The second-order valence-electron chi connectivity index (χ2n) is 6.16. The summed E-state index contributed by atoms with van der Waals surface area (Å²) < 4.78 is 0. The summed E-state index contributed by atoms with van der Waals surface area (Å²) in [6.45, 7) is 13.1. The second-order valence-corrected chi connectivity index (χ2v) is 6.16. The van der Waals surface area contributed by atoms with Gasteiger partial charge in [0.2, 0.25) is 0 Å². The fourth-order valence-electron chi connectivity index (χ4n) is 3.65. The maximum Gasteiger partial charge on any atom is 0.0493 e. The van der Waals surface area contributed by atoms with Gasteiger partial charge in [0.05, 0.1) is 0 Å². The van der Waals surface area contributed by atoms with E-state index < -0.39 is 0 Å². The predicted octanol–water partition coefficient (Wildman–Crippen LogP) is 4.75. The average Bonchev–Trinajstić information content (AvgIpc) is 2.65. The molecule has 2 rings (SSSR count). The van der Waals surface area contributed by atoms with E-state index in [0.717, 1.165) is 0 Å². The Morgan fingerprint density at radius 2 is 2.12 bits per heavy atom. The SMILES string of the molecule is C=NC1=C(C(C)C)CC[C@H](C)[C@@]12C=C(C)CC2. The largest absolute Gasteiger partial charge is 0.268 e. The smallest absolute Gasteiger partial charge is 0.0493 e. The molecule has 1 nitrogen and oxygen atoms in total. The van der Waals surface area contributed by atoms with Gasteiger partial charge in [0.25, 0.3) is 0 Å². The maximum atomic E-state index is 4.46. The third-order valence-electron chi connectivity index (χ3n) is 4.76. The van der Waals surface area contributed by atoms with Crippen LogP contribution in [-0.2, 0) is 0 Å². The van der Waals surface area contributed by atoms with Crippen LogP contribution in [0.25, 0.3) is 0 Å². The Hall–Kier alpha value is -0.850. The van der Waals surface area contributed by atoms with E-state index in [0.29, 0.717) is 11.8 Å². The van der Waals surface area contributed by atoms with Gasteiger partial charge in [0.15, 0.2) is 0 Å². The predicted molar refractivity (Wildman–Crippen MR) is 75.2 cm³/mol. The number of nitrogens with zero attached hydrogens (tertiary/aromatic N) is 1. The minimum absolute atomic E-state index is 0.212. The zero-order valence-electron chi connectivity index (χ0n) is 11.7. The first-order chi connectivity index (χ1) is 8.01. The van der Waals surface area contributed by atoms with Gasteiger partial charge in [-0.25, -0.2) is 0 Å². The number of allylic oxidation sites excluding steroid dienone is 3. The third-order valence-corrected chi connectivity index (χ3v) is 4.76. The molecule has 1 heteroatoms. The molecule has 0 aromatic rings. The molecule has 0 radical (unpaired) electrons. The topological polar surface area (TPSA) is 12.4 Å². The molecule has 0 amide bonds. The Morgan fingerprint density at radius 1 is 1.41 bits per heavy atom. The van der Waals surface area contributed by atoms with Crippen LogP contribution in [0.2, 0.25) is 0 Å². The van der Waals surface area contributed by atoms with E-state index in [1.54, 1.807) is 5.57 Å². The van der Waals surface area contributed by atoms with Crippen molar-refractivity contribution in [2.75, 3.05) is 0 Å². The highest BCUT2D eigenvalue weighted by Crippen LogP contribution is 2.54. The molecule has 0 unspecified atom stereocenters. The maximum absolute atomic E-state index is 4.46. The minimum atomic E-state index is 0.212. The van der Waals surface area contributed by atoms with Crippen LogP contribution < -0.4 is 0 Å². The summed E-state index contributed by atoms with van der Waals surface area (Å²) in [5.74, 6) is 1.32. The van der Waals surface area contributed by atoms with Crippen LogP contribution in [0.4, 0.5) is 0 Å². The number of hydrogen-bond donors (Lipinski definition) is 0. The van der Waals surface area contributed by atoms with Gasteiger partial charge in [-0.15, -0.1) is 0 Å². The van der Waals surface area contributed by atoms with Gasteiger partial charge in [0.1, 0.15) is 0 Å². The van der Waals surface area contributed by atoms with Crippen molar-refractivity contribution in [1.29, 1.82) is 0 Å². The average molecular weight is 231 g/mol. The van der Waals surface area contributed by atoms with Crippen molar-refractivity contribution in [3.63, 3.8) is 0 Å². The van der Waals surface area contributed by atoms with Gasteiger partial charge < -0.3 is 0 Å². The van der Waals surface area contributed by atoms with E-state index in [2.05, 4.69) is 45.5 Å². The standard InChI is InChI=1S/C16H25N/c1-11(2)14-7-6-13(4)16(15(14)17-5)9-8-12(3)10-16/h10-11,13H,5-9H2,1-4H3/t13-,16+/m0/s1. The first-order valence-corrected chi connectivity index (χ1v) is 6.90. The van der Waals surface area contributed by atoms with E-state index in [1.165, 1.54) is 37.0 Å². The minimum Gasteiger partial charge on any atom is -0.268 e. The van der Waals surface area contributed by atoms with Crippen LogP contribution in [0.15, 0.2) is 27.9 Å². The lowest BCUT2D eigenvalue weighted by molar-refractivity contribution is 0.250. The van der Waals surface area contributed by atoms with Crippen molar-refractivity contribution in [3.05, 3.63) is 22.9 Å². The van der Waals surface area contributed by atoms with Crippen molar-refractivity contribution in [1.82, 2.24) is 0 Å². The second kappa shape index (κ2) is 4.44. The van der Waals surface area contributed by atoms with Crippen LogP contribution in [0.3, 0.4) is 0 Å². The fourth-order valence-corrected chi connectivity index (χ4v) is 3.65. The number of hydrogen-bond acceptors (Lipinski definition) is 1. The summed E-state index contributed by atoms with van der Waals surface area (Å²) in [7, 11) is 0. The molecular formula is C16H25N. The highest BCUT2D eigenvalue weighted by Gasteiger charge is 2.44. The Morgan fingerprint density at radius 3 is 2.59 bits per heavy atom. The molecule has 0 aromatic heterocycles. The van der Waals surface area contributed by atoms with Crippen LogP contribution in [-0.4, -0.2) is 6.72 Å². The Kier molecular flexibility index (Phi) is 3.29. The van der Waals surface area contributed by atoms with E-state index in [-0.39, 0.29) is 5.41 Å². The summed E-state index contributed by atoms with van der Waals surface area (Å²) in [6.07, 6.45) is 7.47. The fraction of sp³-hybridized carbons (Fsp3) is 0.688. The molecule has 2 aliphatic rings. The molecule has 0 heterocycles. The molecule has 0 saturated heterocycles. The first kappa shape index (κ1) is 12.6. The highest BCUT2D eigenvalue weighted by atomic mass is 14.8. The Balaban J connectivity index is 2.54. The summed E-state index contributed by atoms with van der Waals surface area (Å²) in [5, 5.41) is 0. The molecule has 2 aliphatic carbocycles. The third kappa shape index (κ3) is 1.90. The zero-order chi connectivity index (χ0) is 12.6. The quantitative estimate of drug-likeness (QED) is 0.480. The zero-order valence-corrected chi connectivity index (χ0v) is 11.7. The summed E-state index contributed by atoms with van der Waals surface area (Å²) >= 11 is 0. The van der Waals surface area contributed by atoms with Gasteiger partial charge in [-0.3, -0.25) is 4.99 Å². The number of aliphatic imine (C=N–C) groups is 1. The summed E-state index contributed by atoms with van der Waals surface area (Å²) in [6, 6.07) is 0. The van der Waals surface area contributed by atoms with Gasteiger partial charge in [-0.05, 0) is 56.7 Å². The molecule has 0 aromatic carbocycles. The molecule has 0 fully saturated rings. The summed E-state index contributed by atoms with van der Waals surface area (Å²) in [4.78, 5) is 4.46. The van der Waals surface area contributed by atoms with Crippen molar-refractivity contribution in [2.45, 2.75) is 53.4 Å². The molecular weight excluding hydrogens is 206 g/mol. The normalized spacial score (nSPS) is 33.5. The van der Waals surface area contributed by atoms with Gasteiger partial charge >= 0.3 is 0 Å². The van der Waals surface area contributed by atoms with Crippen LogP contribution in [0.5, 0.6) is 0 Å². The van der Waals surface area contributed by atoms with Gasteiger partial charge in [-0.1, -0.05) is 32.4 Å². The summed E-state index contributed by atoms with van der Waals surface area (Å²) in [5.41, 5.74) is 4.60. The Labute approximate surface area is 106 Å². The van der Waals surface area contributed by atoms with E-state index >= 15 is 0 Å². The van der Waals surface area contributed by atoms with Crippen LogP contribution in [0.1, 0.15) is 53.4 Å². The van der Waals surface area contributed by atoms with Crippen molar-refractivity contribution >= 4 is 6.72 Å². The van der Waals surface area contributed by atoms with Crippen molar-refractivity contribution in [3.8, 4) is 0 Å². The van der Waals surface area contributed by atoms with Gasteiger partial charge in [-0.2, -0.15) is 0 Å². The molecule has 2 atom stereocenters.